The lowest BCUT2D eigenvalue weighted by molar-refractivity contribution is -0.123. The van der Waals surface area contributed by atoms with Crippen LogP contribution in [-0.4, -0.2) is 16.8 Å². The Hall–Kier alpha value is -1.51. The fourth-order valence-electron chi connectivity index (χ4n) is 2.69. The summed E-state index contributed by atoms with van der Waals surface area (Å²) in [5.41, 5.74) is 1.23. The molecule has 0 spiro atoms. The fraction of sp³-hybridized carbons (Fsp3) is 0.533. The van der Waals surface area contributed by atoms with E-state index in [1.165, 1.54) is 5.70 Å². The van der Waals surface area contributed by atoms with Crippen LogP contribution in [0, 0.1) is 11.3 Å². The van der Waals surface area contributed by atoms with Crippen molar-refractivity contribution in [1.82, 2.24) is 10.3 Å². The highest BCUT2D eigenvalue weighted by Crippen LogP contribution is 2.38. The number of nitrogens with one attached hydrogen (secondary N) is 2. The molecule has 1 fully saturated rings. The number of aromatic amines is 1. The van der Waals surface area contributed by atoms with Crippen molar-refractivity contribution in [3.8, 4) is 0 Å². The molecule has 98 valence electrons. The number of H-pyrrole nitrogens is 1. The van der Waals surface area contributed by atoms with Gasteiger partial charge in [0.25, 0.3) is 0 Å². The number of hydrogen-bond donors (Lipinski definition) is 2. The van der Waals surface area contributed by atoms with Gasteiger partial charge in [-0.05, 0) is 30.9 Å². The molecule has 3 nitrogen and oxygen atoms in total. The Morgan fingerprint density at radius 1 is 1.28 bits per heavy atom. The second kappa shape index (κ2) is 5.01. The van der Waals surface area contributed by atoms with E-state index in [9.17, 15) is 4.79 Å². The molecule has 2 unspecified atom stereocenters. The third-order valence-electron chi connectivity index (χ3n) is 3.44. The summed E-state index contributed by atoms with van der Waals surface area (Å²) < 4.78 is 0. The van der Waals surface area contributed by atoms with Gasteiger partial charge in [0.1, 0.15) is 5.78 Å². The lowest BCUT2D eigenvalue weighted by Gasteiger charge is -2.28. The molecule has 0 radical (unpaired) electrons. The number of carbonyl (C=O) groups excluding carboxylic acids is 1. The van der Waals surface area contributed by atoms with Gasteiger partial charge >= 0.3 is 0 Å². The highest BCUT2D eigenvalue weighted by Gasteiger charge is 2.38. The summed E-state index contributed by atoms with van der Waals surface area (Å²) >= 11 is 0. The molecule has 1 saturated heterocycles. The standard InChI is InChI=1S/C11H17NO.C4H5N/c1-7-4-8-9(12-7)5-11(2,3)6-10(8)13;1-2-4-5-3-1/h5,7-8,12H,4,6H2,1-3H3;1-5H. The second-order valence-electron chi connectivity index (χ2n) is 5.95. The SMILES string of the molecule is CC1CC2C(=O)CC(C)(C)C=C2N1.c1cc[nH]c1. The molecule has 3 heteroatoms. The van der Waals surface area contributed by atoms with Crippen LogP contribution in [0.1, 0.15) is 33.6 Å². The lowest BCUT2D eigenvalue weighted by atomic mass is 9.76. The minimum absolute atomic E-state index is 0.0555. The largest absolute Gasteiger partial charge is 0.386 e. The first-order valence-corrected chi connectivity index (χ1v) is 6.58. The summed E-state index contributed by atoms with van der Waals surface area (Å²) in [5.74, 6) is 0.599. The van der Waals surface area contributed by atoms with Crippen molar-refractivity contribution in [2.24, 2.45) is 11.3 Å². The van der Waals surface area contributed by atoms with Crippen LogP contribution in [0.3, 0.4) is 0 Å². The molecule has 2 atom stereocenters. The van der Waals surface area contributed by atoms with Gasteiger partial charge in [-0.2, -0.15) is 0 Å². The Labute approximate surface area is 109 Å². The average molecular weight is 246 g/mol. The number of carbonyl (C=O) groups is 1. The molecule has 2 aliphatic rings. The van der Waals surface area contributed by atoms with Gasteiger partial charge in [0.2, 0.25) is 0 Å². The van der Waals surface area contributed by atoms with Crippen molar-refractivity contribution in [3.63, 3.8) is 0 Å². The number of fused-ring (bicyclic) bond motifs is 1. The molecular weight excluding hydrogens is 224 g/mol. The Morgan fingerprint density at radius 3 is 2.50 bits per heavy atom. The highest BCUT2D eigenvalue weighted by atomic mass is 16.1. The number of hydrogen-bond acceptors (Lipinski definition) is 2. The molecular formula is C15H22N2O. The van der Waals surface area contributed by atoms with Crippen molar-refractivity contribution < 1.29 is 4.79 Å². The Balaban J connectivity index is 0.000000202. The molecule has 1 aliphatic carbocycles. The van der Waals surface area contributed by atoms with Crippen molar-refractivity contribution in [3.05, 3.63) is 36.3 Å². The van der Waals surface area contributed by atoms with Crippen LogP contribution in [0.2, 0.25) is 0 Å². The van der Waals surface area contributed by atoms with Crippen molar-refractivity contribution in [1.29, 1.82) is 0 Å². The van der Waals surface area contributed by atoms with Gasteiger partial charge in [-0.25, -0.2) is 0 Å². The van der Waals surface area contributed by atoms with E-state index in [4.69, 9.17) is 0 Å². The van der Waals surface area contributed by atoms with Gasteiger partial charge in [-0.3, -0.25) is 4.79 Å². The maximum Gasteiger partial charge on any atom is 0.142 e. The monoisotopic (exact) mass is 246 g/mol. The Morgan fingerprint density at radius 2 is 1.94 bits per heavy atom. The van der Waals surface area contributed by atoms with E-state index >= 15 is 0 Å². The molecule has 1 aromatic heterocycles. The first kappa shape index (κ1) is 12.9. The number of rotatable bonds is 0. The number of allylic oxidation sites excluding steroid dienone is 2. The van der Waals surface area contributed by atoms with Crippen molar-refractivity contribution in [2.45, 2.75) is 39.7 Å². The van der Waals surface area contributed by atoms with Crippen LogP contribution in [-0.2, 0) is 4.79 Å². The van der Waals surface area contributed by atoms with E-state index in [0.717, 1.165) is 6.42 Å². The first-order valence-electron chi connectivity index (χ1n) is 6.58. The predicted molar refractivity (Wildman–Crippen MR) is 73.0 cm³/mol. The number of ketones is 1. The van der Waals surface area contributed by atoms with Gasteiger partial charge in [-0.1, -0.05) is 19.9 Å². The zero-order valence-corrected chi connectivity index (χ0v) is 11.4. The normalized spacial score (nSPS) is 28.6. The van der Waals surface area contributed by atoms with Crippen LogP contribution in [0.15, 0.2) is 36.3 Å². The summed E-state index contributed by atoms with van der Waals surface area (Å²) in [5, 5.41) is 3.38. The molecule has 1 aromatic rings. The number of Topliss-reactive ketones (excluding diaryl/α,β-unsaturated/α-hetero) is 1. The average Bonchev–Trinajstić information content (AvgIpc) is 2.87. The zero-order valence-electron chi connectivity index (χ0n) is 11.4. The maximum absolute atomic E-state index is 11.8. The molecule has 0 amide bonds. The van der Waals surface area contributed by atoms with Crippen LogP contribution >= 0.6 is 0 Å². The van der Waals surface area contributed by atoms with Gasteiger partial charge < -0.3 is 10.3 Å². The Bertz CT molecular complexity index is 414. The molecule has 1 aliphatic heterocycles. The van der Waals surface area contributed by atoms with Gasteiger partial charge in [0, 0.05) is 30.6 Å². The van der Waals surface area contributed by atoms with Crippen LogP contribution in [0.4, 0.5) is 0 Å². The molecule has 18 heavy (non-hydrogen) atoms. The van der Waals surface area contributed by atoms with Crippen molar-refractivity contribution in [2.75, 3.05) is 0 Å². The summed E-state index contributed by atoms with van der Waals surface area (Å²) in [6.07, 6.45) is 7.68. The van der Waals surface area contributed by atoms with E-state index in [-0.39, 0.29) is 11.3 Å². The molecule has 0 bridgehead atoms. The molecule has 0 saturated carbocycles. The summed E-state index contributed by atoms with van der Waals surface area (Å²) in [4.78, 5) is 14.6. The fourth-order valence-corrected chi connectivity index (χ4v) is 2.69. The summed E-state index contributed by atoms with van der Waals surface area (Å²) in [6, 6.07) is 4.36. The lowest BCUT2D eigenvalue weighted by Crippen LogP contribution is -2.29. The first-order chi connectivity index (χ1) is 8.48. The van der Waals surface area contributed by atoms with Gasteiger partial charge in [0.15, 0.2) is 0 Å². The zero-order chi connectivity index (χ0) is 13.2. The maximum atomic E-state index is 11.8. The van der Waals surface area contributed by atoms with Gasteiger partial charge in [0.05, 0.1) is 5.92 Å². The van der Waals surface area contributed by atoms with E-state index in [0.29, 0.717) is 18.2 Å². The molecule has 2 heterocycles. The topological polar surface area (TPSA) is 44.9 Å². The van der Waals surface area contributed by atoms with E-state index in [2.05, 4.69) is 37.1 Å². The number of aromatic nitrogens is 1. The van der Waals surface area contributed by atoms with Crippen LogP contribution < -0.4 is 5.32 Å². The predicted octanol–water partition coefficient (Wildman–Crippen LogP) is 2.88. The Kier molecular flexibility index (Phi) is 3.60. The minimum atomic E-state index is 0.0555. The van der Waals surface area contributed by atoms with E-state index in [1.807, 2.05) is 24.5 Å². The summed E-state index contributed by atoms with van der Waals surface area (Å²) in [7, 11) is 0. The highest BCUT2D eigenvalue weighted by molar-refractivity contribution is 5.86. The quantitative estimate of drug-likeness (QED) is 0.739. The molecule has 0 aromatic carbocycles. The second-order valence-corrected chi connectivity index (χ2v) is 5.95. The third kappa shape index (κ3) is 3.03. The molecule has 2 N–H and O–H groups in total. The van der Waals surface area contributed by atoms with E-state index in [1.54, 1.807) is 0 Å². The van der Waals surface area contributed by atoms with Crippen LogP contribution in [0.25, 0.3) is 0 Å². The molecule has 3 rings (SSSR count). The van der Waals surface area contributed by atoms with Crippen LogP contribution in [0.5, 0.6) is 0 Å². The smallest absolute Gasteiger partial charge is 0.142 e. The van der Waals surface area contributed by atoms with E-state index < -0.39 is 0 Å². The van der Waals surface area contributed by atoms with Crippen molar-refractivity contribution >= 4 is 5.78 Å². The third-order valence-corrected chi connectivity index (χ3v) is 3.44. The summed E-state index contributed by atoms with van der Waals surface area (Å²) in [6.45, 7) is 6.39. The minimum Gasteiger partial charge on any atom is -0.386 e. The van der Waals surface area contributed by atoms with Gasteiger partial charge in [-0.15, -0.1) is 0 Å².